The van der Waals surface area contributed by atoms with Gasteiger partial charge in [-0.2, -0.15) is 0 Å². The Bertz CT molecular complexity index is 121. The largest absolute Gasteiger partial charge is 0.396 e. The Hall–Kier alpha value is -0.610. The van der Waals surface area contributed by atoms with Crippen LogP contribution in [0.1, 0.15) is 33.6 Å². The molecule has 0 aromatic heterocycles. The van der Waals surface area contributed by atoms with Crippen molar-refractivity contribution in [2.45, 2.75) is 33.6 Å². The van der Waals surface area contributed by atoms with Gasteiger partial charge in [-0.3, -0.25) is 4.79 Å². The van der Waals surface area contributed by atoms with E-state index >= 15 is 0 Å². The molecule has 0 radical (unpaired) electrons. The Kier molecular flexibility index (Phi) is 14.0. The van der Waals surface area contributed by atoms with Crippen LogP contribution < -0.4 is 0 Å². The van der Waals surface area contributed by atoms with Crippen molar-refractivity contribution in [3.8, 4) is 0 Å². The molecular formula is C10H23NO3. The second-order valence-electron chi connectivity index (χ2n) is 2.66. The molecule has 2 N–H and O–H groups in total. The summed E-state index contributed by atoms with van der Waals surface area (Å²) >= 11 is 0. The van der Waals surface area contributed by atoms with Gasteiger partial charge < -0.3 is 15.1 Å². The third kappa shape index (κ3) is 9.48. The molecule has 0 aliphatic rings. The average molecular weight is 205 g/mol. The van der Waals surface area contributed by atoms with E-state index in [1.54, 1.807) is 4.90 Å². The molecule has 0 fully saturated rings. The van der Waals surface area contributed by atoms with E-state index in [0.717, 1.165) is 0 Å². The maximum absolute atomic E-state index is 10.9. The van der Waals surface area contributed by atoms with Gasteiger partial charge in [-0.1, -0.05) is 13.8 Å². The molecule has 4 heteroatoms. The van der Waals surface area contributed by atoms with E-state index in [2.05, 4.69) is 0 Å². The molecule has 0 aromatic carbocycles. The smallest absolute Gasteiger partial charge is 0.219 e. The Morgan fingerprint density at radius 2 is 1.43 bits per heavy atom. The molecule has 0 atom stereocenters. The van der Waals surface area contributed by atoms with Crippen LogP contribution in [0.4, 0.5) is 0 Å². The number of carbonyl (C=O) groups excluding carboxylic acids is 1. The third-order valence-corrected chi connectivity index (χ3v) is 1.62. The van der Waals surface area contributed by atoms with E-state index in [-0.39, 0.29) is 19.1 Å². The van der Waals surface area contributed by atoms with Crippen LogP contribution in [-0.4, -0.2) is 47.3 Å². The molecule has 14 heavy (non-hydrogen) atoms. The summed E-state index contributed by atoms with van der Waals surface area (Å²) in [6, 6.07) is 0. The lowest BCUT2D eigenvalue weighted by molar-refractivity contribution is -0.129. The van der Waals surface area contributed by atoms with Gasteiger partial charge in [0.25, 0.3) is 0 Å². The molecule has 0 aliphatic carbocycles. The SMILES string of the molecule is CC.CC(=O)N(CCCO)CCCO. The lowest BCUT2D eigenvalue weighted by Gasteiger charge is -2.19. The van der Waals surface area contributed by atoms with Crippen molar-refractivity contribution in [2.24, 2.45) is 0 Å². The quantitative estimate of drug-likeness (QED) is 0.668. The van der Waals surface area contributed by atoms with Crippen LogP contribution in [0.5, 0.6) is 0 Å². The molecule has 0 unspecified atom stereocenters. The maximum Gasteiger partial charge on any atom is 0.219 e. The van der Waals surface area contributed by atoms with Crippen molar-refractivity contribution < 1.29 is 15.0 Å². The number of hydrogen-bond acceptors (Lipinski definition) is 3. The predicted molar refractivity (Wildman–Crippen MR) is 57.0 cm³/mol. The highest BCUT2D eigenvalue weighted by atomic mass is 16.3. The summed E-state index contributed by atoms with van der Waals surface area (Å²) in [7, 11) is 0. The molecule has 4 nitrogen and oxygen atoms in total. The molecule has 0 saturated carbocycles. The van der Waals surface area contributed by atoms with Gasteiger partial charge in [-0.15, -0.1) is 0 Å². The van der Waals surface area contributed by atoms with Crippen LogP contribution in [0.25, 0.3) is 0 Å². The second kappa shape index (κ2) is 12.4. The fraction of sp³-hybridized carbons (Fsp3) is 0.900. The zero-order chi connectivity index (χ0) is 11.4. The minimum Gasteiger partial charge on any atom is -0.396 e. The van der Waals surface area contributed by atoms with E-state index in [1.165, 1.54) is 6.92 Å². The minimum atomic E-state index is -0.00287. The average Bonchev–Trinajstić information content (AvgIpc) is 2.20. The molecular weight excluding hydrogens is 182 g/mol. The van der Waals surface area contributed by atoms with Gasteiger partial charge in [-0.05, 0) is 12.8 Å². The maximum atomic E-state index is 10.9. The van der Waals surface area contributed by atoms with Crippen LogP contribution in [0.2, 0.25) is 0 Å². The number of aliphatic hydroxyl groups excluding tert-OH is 2. The van der Waals surface area contributed by atoms with Crippen LogP contribution in [0.15, 0.2) is 0 Å². The summed E-state index contributed by atoms with van der Waals surface area (Å²) in [6.07, 6.45) is 1.20. The van der Waals surface area contributed by atoms with Gasteiger partial charge in [0.2, 0.25) is 5.91 Å². The Morgan fingerprint density at radius 1 is 1.07 bits per heavy atom. The molecule has 0 bridgehead atoms. The highest BCUT2D eigenvalue weighted by molar-refractivity contribution is 5.73. The Balaban J connectivity index is 0. The van der Waals surface area contributed by atoms with Gasteiger partial charge in [0.1, 0.15) is 0 Å². The first-order valence-electron chi connectivity index (χ1n) is 5.19. The molecule has 0 spiro atoms. The van der Waals surface area contributed by atoms with E-state index in [1.807, 2.05) is 13.8 Å². The van der Waals surface area contributed by atoms with E-state index in [0.29, 0.717) is 25.9 Å². The lowest BCUT2D eigenvalue weighted by Crippen LogP contribution is -2.31. The highest BCUT2D eigenvalue weighted by Crippen LogP contribution is 1.94. The normalized spacial score (nSPS) is 8.93. The van der Waals surface area contributed by atoms with Gasteiger partial charge >= 0.3 is 0 Å². The summed E-state index contributed by atoms with van der Waals surface area (Å²) in [5.74, 6) is -0.00287. The number of aliphatic hydroxyl groups is 2. The number of amides is 1. The summed E-state index contributed by atoms with van der Waals surface area (Å²) in [5, 5.41) is 17.1. The van der Waals surface area contributed by atoms with Gasteiger partial charge in [0.15, 0.2) is 0 Å². The summed E-state index contributed by atoms with van der Waals surface area (Å²) < 4.78 is 0. The van der Waals surface area contributed by atoms with E-state index in [4.69, 9.17) is 10.2 Å². The Morgan fingerprint density at radius 3 is 1.64 bits per heavy atom. The number of rotatable bonds is 6. The zero-order valence-electron chi connectivity index (χ0n) is 9.49. The molecule has 1 amide bonds. The second-order valence-corrected chi connectivity index (χ2v) is 2.66. The predicted octanol–water partition coefficient (Wildman–Crippen LogP) is 0.626. The number of nitrogens with zero attached hydrogens (tertiary/aromatic N) is 1. The van der Waals surface area contributed by atoms with Gasteiger partial charge in [-0.25, -0.2) is 0 Å². The summed E-state index contributed by atoms with van der Waals surface area (Å²) in [5.41, 5.74) is 0. The lowest BCUT2D eigenvalue weighted by atomic mass is 10.3. The molecule has 86 valence electrons. The van der Waals surface area contributed by atoms with Crippen LogP contribution in [0.3, 0.4) is 0 Å². The molecule has 0 rings (SSSR count). The van der Waals surface area contributed by atoms with Crippen molar-refractivity contribution in [3.63, 3.8) is 0 Å². The van der Waals surface area contributed by atoms with Crippen LogP contribution >= 0.6 is 0 Å². The topological polar surface area (TPSA) is 60.8 Å². The standard InChI is InChI=1S/C8H17NO3.C2H6/c1-8(12)9(4-2-6-10)5-3-7-11;1-2/h10-11H,2-7H2,1H3;1-2H3. The number of hydrogen-bond donors (Lipinski definition) is 2. The summed E-state index contributed by atoms with van der Waals surface area (Å²) in [6.45, 7) is 6.85. The molecule has 0 aromatic rings. The van der Waals surface area contributed by atoms with Crippen LogP contribution in [-0.2, 0) is 4.79 Å². The minimum absolute atomic E-state index is 0.00287. The fourth-order valence-corrected chi connectivity index (χ4v) is 0.950. The van der Waals surface area contributed by atoms with Gasteiger partial charge in [0.05, 0.1) is 0 Å². The van der Waals surface area contributed by atoms with Crippen molar-refractivity contribution in [1.82, 2.24) is 4.90 Å². The van der Waals surface area contributed by atoms with Gasteiger partial charge in [0, 0.05) is 33.2 Å². The fourth-order valence-electron chi connectivity index (χ4n) is 0.950. The summed E-state index contributed by atoms with van der Waals surface area (Å²) in [4.78, 5) is 12.5. The third-order valence-electron chi connectivity index (χ3n) is 1.62. The first kappa shape index (κ1) is 15.8. The monoisotopic (exact) mass is 205 g/mol. The zero-order valence-corrected chi connectivity index (χ0v) is 9.49. The van der Waals surface area contributed by atoms with Crippen molar-refractivity contribution in [3.05, 3.63) is 0 Å². The van der Waals surface area contributed by atoms with E-state index < -0.39 is 0 Å². The molecule has 0 saturated heterocycles. The van der Waals surface area contributed by atoms with Crippen molar-refractivity contribution in [1.29, 1.82) is 0 Å². The van der Waals surface area contributed by atoms with Crippen molar-refractivity contribution >= 4 is 5.91 Å². The molecule has 0 aliphatic heterocycles. The van der Waals surface area contributed by atoms with Crippen LogP contribution in [0, 0.1) is 0 Å². The van der Waals surface area contributed by atoms with Crippen molar-refractivity contribution in [2.75, 3.05) is 26.3 Å². The highest BCUT2D eigenvalue weighted by Gasteiger charge is 2.06. The van der Waals surface area contributed by atoms with E-state index in [9.17, 15) is 4.79 Å². The Labute approximate surface area is 86.5 Å². The number of carbonyl (C=O) groups is 1. The molecule has 0 heterocycles. The first-order chi connectivity index (χ1) is 6.72. The first-order valence-corrected chi connectivity index (χ1v) is 5.19.